The van der Waals surface area contributed by atoms with Crippen LogP contribution >= 0.6 is 47.0 Å². The second-order valence-corrected chi connectivity index (χ2v) is 9.92. The Labute approximate surface area is 171 Å². The molecule has 4 rings (SSSR count). The van der Waals surface area contributed by atoms with E-state index in [1.165, 1.54) is 8.47 Å². The highest BCUT2D eigenvalue weighted by Gasteiger charge is 2.29. The highest BCUT2D eigenvalue weighted by atomic mass is 32.2. The van der Waals surface area contributed by atoms with Gasteiger partial charge in [-0.3, -0.25) is 0 Å². The summed E-state index contributed by atoms with van der Waals surface area (Å²) in [6, 6.07) is 20.6. The molecule has 2 aromatic rings. The second kappa shape index (κ2) is 7.82. The van der Waals surface area contributed by atoms with E-state index in [9.17, 15) is 0 Å². The lowest BCUT2D eigenvalue weighted by molar-refractivity contribution is 1.65. The lowest BCUT2D eigenvalue weighted by atomic mass is 10.2. The Kier molecular flexibility index (Phi) is 5.29. The molecule has 0 amide bonds. The first-order chi connectivity index (χ1) is 12.8. The van der Waals surface area contributed by atoms with E-state index in [2.05, 4.69) is 36.1 Å². The van der Waals surface area contributed by atoms with E-state index in [1.54, 1.807) is 47.0 Å². The third-order valence-electron chi connectivity index (χ3n) is 3.69. The standard InChI is InChI=1S/C22H12S4/c1-3-17-19(15-11-7-5-8-12-15)25-21(23-17)22-24-18(4-2)20(26-22)16-13-9-6-10-14-16/h1-2,5-14H/b22-21+. The Balaban J connectivity index is 1.65. The molecule has 0 saturated heterocycles. The fourth-order valence-corrected chi connectivity index (χ4v) is 7.77. The van der Waals surface area contributed by atoms with Crippen LogP contribution in [0.3, 0.4) is 0 Å². The van der Waals surface area contributed by atoms with E-state index in [0.29, 0.717) is 0 Å². The number of hydrogen-bond acceptors (Lipinski definition) is 4. The highest BCUT2D eigenvalue weighted by molar-refractivity contribution is 8.37. The monoisotopic (exact) mass is 404 g/mol. The van der Waals surface area contributed by atoms with Gasteiger partial charge in [0.2, 0.25) is 0 Å². The lowest BCUT2D eigenvalue weighted by Crippen LogP contribution is -1.78. The summed E-state index contributed by atoms with van der Waals surface area (Å²) in [4.78, 5) is 4.25. The molecular formula is C22H12S4. The summed E-state index contributed by atoms with van der Waals surface area (Å²) in [5.74, 6) is 5.70. The van der Waals surface area contributed by atoms with Gasteiger partial charge in [-0.05, 0) is 11.1 Å². The topological polar surface area (TPSA) is 0 Å². The fraction of sp³-hybridized carbons (Fsp3) is 0. The number of thioether (sulfide) groups is 4. The largest absolute Gasteiger partial charge is 0.114 e. The number of rotatable bonds is 2. The van der Waals surface area contributed by atoms with Crippen LogP contribution in [-0.2, 0) is 0 Å². The SMILES string of the molecule is C#CC1=C(c2ccccc2)S/C(=C2\SC(C#C)=C(c3ccccc3)S2)S1. The number of hydrogen-bond donors (Lipinski definition) is 0. The third kappa shape index (κ3) is 3.39. The maximum Gasteiger partial charge on any atom is 0.0770 e. The van der Waals surface area contributed by atoms with E-state index in [0.717, 1.165) is 30.7 Å². The van der Waals surface area contributed by atoms with Gasteiger partial charge in [-0.25, -0.2) is 0 Å². The molecule has 0 atom stereocenters. The first kappa shape index (κ1) is 17.6. The van der Waals surface area contributed by atoms with Gasteiger partial charge < -0.3 is 0 Å². The van der Waals surface area contributed by atoms with E-state index >= 15 is 0 Å². The second-order valence-electron chi connectivity index (χ2n) is 5.32. The lowest BCUT2D eigenvalue weighted by Gasteiger charge is -2.04. The Morgan fingerprint density at radius 2 is 0.923 bits per heavy atom. The summed E-state index contributed by atoms with van der Waals surface area (Å²) in [7, 11) is 0. The molecule has 2 aromatic carbocycles. The Bertz CT molecular complexity index is 944. The van der Waals surface area contributed by atoms with Gasteiger partial charge in [-0.15, -0.1) is 12.8 Å². The Morgan fingerprint density at radius 1 is 0.538 bits per heavy atom. The van der Waals surface area contributed by atoms with E-state index < -0.39 is 0 Å². The van der Waals surface area contributed by atoms with Crippen molar-refractivity contribution in [2.45, 2.75) is 0 Å². The van der Waals surface area contributed by atoms with Crippen LogP contribution in [0, 0.1) is 24.7 Å². The molecule has 0 spiro atoms. The molecule has 124 valence electrons. The zero-order valence-electron chi connectivity index (χ0n) is 13.6. The zero-order valence-corrected chi connectivity index (χ0v) is 16.8. The van der Waals surface area contributed by atoms with Gasteiger partial charge in [0.25, 0.3) is 0 Å². The van der Waals surface area contributed by atoms with Crippen LogP contribution in [0.25, 0.3) is 9.81 Å². The number of benzene rings is 2. The van der Waals surface area contributed by atoms with Gasteiger partial charge in [0, 0.05) is 9.81 Å². The van der Waals surface area contributed by atoms with Crippen LogP contribution in [0.1, 0.15) is 11.1 Å². The smallest absolute Gasteiger partial charge is 0.0770 e. The van der Waals surface area contributed by atoms with Crippen LogP contribution in [-0.4, -0.2) is 0 Å². The van der Waals surface area contributed by atoms with Gasteiger partial charge in [0.1, 0.15) is 0 Å². The Hall–Kier alpha value is -1.82. The molecule has 0 saturated carbocycles. The van der Waals surface area contributed by atoms with Crippen LogP contribution < -0.4 is 0 Å². The molecule has 0 unspecified atom stereocenters. The maximum atomic E-state index is 5.77. The van der Waals surface area contributed by atoms with E-state index in [-0.39, 0.29) is 0 Å². The zero-order chi connectivity index (χ0) is 17.9. The van der Waals surface area contributed by atoms with Gasteiger partial charge >= 0.3 is 0 Å². The average molecular weight is 405 g/mol. The Morgan fingerprint density at radius 3 is 1.27 bits per heavy atom. The van der Waals surface area contributed by atoms with Crippen LogP contribution in [0.2, 0.25) is 0 Å². The number of allylic oxidation sites excluding steroid dienone is 2. The molecule has 0 nitrogen and oxygen atoms in total. The molecule has 26 heavy (non-hydrogen) atoms. The predicted molar refractivity (Wildman–Crippen MR) is 122 cm³/mol. The van der Waals surface area contributed by atoms with Gasteiger partial charge in [-0.2, -0.15) is 0 Å². The van der Waals surface area contributed by atoms with Crippen LogP contribution in [0.15, 0.2) is 78.9 Å². The van der Waals surface area contributed by atoms with Crippen molar-refractivity contribution in [1.82, 2.24) is 0 Å². The average Bonchev–Trinajstić information content (AvgIpc) is 3.33. The summed E-state index contributed by atoms with van der Waals surface area (Å²) in [6.07, 6.45) is 11.5. The first-order valence-corrected chi connectivity index (χ1v) is 11.0. The molecule has 0 bridgehead atoms. The molecule has 2 heterocycles. The van der Waals surface area contributed by atoms with E-state index in [1.807, 2.05) is 36.4 Å². The summed E-state index contributed by atoms with van der Waals surface area (Å²) in [6.45, 7) is 0. The van der Waals surface area contributed by atoms with Gasteiger partial charge in [0.05, 0.1) is 18.3 Å². The van der Waals surface area contributed by atoms with Crippen molar-refractivity contribution in [2.24, 2.45) is 0 Å². The summed E-state index contributed by atoms with van der Waals surface area (Å²) in [5.41, 5.74) is 2.32. The van der Waals surface area contributed by atoms with Crippen LogP contribution in [0.4, 0.5) is 0 Å². The van der Waals surface area contributed by atoms with Crippen molar-refractivity contribution in [1.29, 1.82) is 0 Å². The first-order valence-electron chi connectivity index (χ1n) is 7.78. The van der Waals surface area contributed by atoms with Gasteiger partial charge in [0.15, 0.2) is 0 Å². The molecular weight excluding hydrogens is 393 g/mol. The van der Waals surface area contributed by atoms with Crippen molar-refractivity contribution in [2.75, 3.05) is 0 Å². The summed E-state index contributed by atoms with van der Waals surface area (Å²) in [5, 5.41) is 0. The molecule has 0 radical (unpaired) electrons. The minimum Gasteiger partial charge on any atom is -0.114 e. The van der Waals surface area contributed by atoms with Crippen LogP contribution in [0.5, 0.6) is 0 Å². The predicted octanol–water partition coefficient (Wildman–Crippen LogP) is 7.08. The third-order valence-corrected chi connectivity index (χ3v) is 9.37. The quantitative estimate of drug-likeness (QED) is 0.490. The molecule has 0 N–H and O–H groups in total. The minimum absolute atomic E-state index is 0.973. The molecule has 0 aromatic heterocycles. The van der Waals surface area contributed by atoms with Crippen molar-refractivity contribution < 1.29 is 0 Å². The van der Waals surface area contributed by atoms with Gasteiger partial charge in [-0.1, -0.05) is 120 Å². The molecule has 0 fully saturated rings. The van der Waals surface area contributed by atoms with Crippen molar-refractivity contribution in [3.63, 3.8) is 0 Å². The van der Waals surface area contributed by atoms with Crippen molar-refractivity contribution >= 4 is 56.9 Å². The molecule has 0 aliphatic carbocycles. The fourth-order valence-electron chi connectivity index (χ4n) is 2.51. The summed E-state index contributed by atoms with van der Waals surface area (Å²) >= 11 is 6.83. The van der Waals surface area contributed by atoms with E-state index in [4.69, 9.17) is 12.8 Å². The maximum absolute atomic E-state index is 5.77. The molecule has 2 aliphatic rings. The molecule has 2 aliphatic heterocycles. The highest BCUT2D eigenvalue weighted by Crippen LogP contribution is 2.62. The van der Waals surface area contributed by atoms with Crippen molar-refractivity contribution in [3.8, 4) is 24.7 Å². The normalized spacial score (nSPS) is 19.6. The molecule has 4 heteroatoms. The summed E-state index contributed by atoms with van der Waals surface area (Å²) < 4.78 is 2.43. The van der Waals surface area contributed by atoms with Crippen molar-refractivity contribution in [3.05, 3.63) is 90.1 Å². The minimum atomic E-state index is 0.973. The number of terminal acetylenes is 2.